The Balaban J connectivity index is 2.28. The van der Waals surface area contributed by atoms with Gasteiger partial charge in [0.1, 0.15) is 6.10 Å². The number of fused-ring (bicyclic) bond motifs is 1. The Labute approximate surface area is 135 Å². The minimum Gasteiger partial charge on any atom is -0.411 e. The first-order valence-corrected chi connectivity index (χ1v) is 7.83. The highest BCUT2D eigenvalue weighted by Crippen LogP contribution is 2.47. The summed E-state index contributed by atoms with van der Waals surface area (Å²) < 4.78 is 7.88. The molecule has 2 heterocycles. The summed E-state index contributed by atoms with van der Waals surface area (Å²) in [6.45, 7) is 8.75. The molecule has 0 radical (unpaired) electrons. The molecule has 3 rings (SSSR count). The standard InChI is InChI=1S/C17H22N4O2/c1-5-23-16-15-14(12(20-22)10-17(16,3)4)11(2)19-21(15)13-8-6-7-9-18-13/h6-9,16,22H,5,10H2,1-4H3/b20-12+. The Bertz CT molecular complexity index is 735. The molecule has 0 saturated carbocycles. The van der Waals surface area contributed by atoms with Crippen molar-refractivity contribution in [1.29, 1.82) is 0 Å². The number of hydrogen-bond donors (Lipinski definition) is 1. The molecule has 0 bridgehead atoms. The number of hydrogen-bond acceptors (Lipinski definition) is 5. The van der Waals surface area contributed by atoms with Crippen molar-refractivity contribution in [3.05, 3.63) is 41.3 Å². The quantitative estimate of drug-likeness (QED) is 0.697. The molecule has 1 aliphatic carbocycles. The molecule has 0 aromatic carbocycles. The number of aromatic nitrogens is 3. The van der Waals surface area contributed by atoms with Crippen molar-refractivity contribution < 1.29 is 9.94 Å². The van der Waals surface area contributed by atoms with Gasteiger partial charge < -0.3 is 9.94 Å². The molecular formula is C17H22N4O2. The van der Waals surface area contributed by atoms with E-state index >= 15 is 0 Å². The van der Waals surface area contributed by atoms with Crippen LogP contribution in [0, 0.1) is 12.3 Å². The smallest absolute Gasteiger partial charge is 0.153 e. The van der Waals surface area contributed by atoms with Crippen LogP contribution in [0.15, 0.2) is 29.6 Å². The van der Waals surface area contributed by atoms with Crippen molar-refractivity contribution in [3.63, 3.8) is 0 Å². The first kappa shape index (κ1) is 15.7. The summed E-state index contributed by atoms with van der Waals surface area (Å²) in [6.07, 6.45) is 2.23. The fourth-order valence-electron chi connectivity index (χ4n) is 3.34. The number of rotatable bonds is 3. The zero-order valence-electron chi connectivity index (χ0n) is 13.9. The van der Waals surface area contributed by atoms with Crippen LogP contribution in [0.25, 0.3) is 5.82 Å². The predicted octanol–water partition coefficient (Wildman–Crippen LogP) is 3.26. The van der Waals surface area contributed by atoms with E-state index in [2.05, 4.69) is 29.1 Å². The lowest BCUT2D eigenvalue weighted by atomic mass is 9.72. The highest BCUT2D eigenvalue weighted by atomic mass is 16.5. The Hall–Kier alpha value is -2.21. The molecule has 1 atom stereocenters. The molecule has 6 nitrogen and oxygen atoms in total. The molecule has 1 unspecified atom stereocenters. The summed E-state index contributed by atoms with van der Waals surface area (Å²) in [6, 6.07) is 5.71. The Morgan fingerprint density at radius 3 is 2.83 bits per heavy atom. The highest BCUT2D eigenvalue weighted by Gasteiger charge is 2.44. The normalized spacial score (nSPS) is 21.4. The zero-order valence-corrected chi connectivity index (χ0v) is 13.9. The number of ether oxygens (including phenoxy) is 1. The van der Waals surface area contributed by atoms with Crippen LogP contribution in [-0.4, -0.2) is 32.3 Å². The molecule has 0 spiro atoms. The van der Waals surface area contributed by atoms with Gasteiger partial charge in [0.05, 0.1) is 17.1 Å². The van der Waals surface area contributed by atoms with Crippen molar-refractivity contribution in [2.24, 2.45) is 10.6 Å². The molecule has 122 valence electrons. The van der Waals surface area contributed by atoms with E-state index in [0.717, 1.165) is 22.8 Å². The Morgan fingerprint density at radius 2 is 2.22 bits per heavy atom. The lowest BCUT2D eigenvalue weighted by Gasteiger charge is -2.38. The molecule has 23 heavy (non-hydrogen) atoms. The van der Waals surface area contributed by atoms with Crippen LogP contribution < -0.4 is 0 Å². The van der Waals surface area contributed by atoms with E-state index in [1.807, 2.05) is 36.7 Å². The van der Waals surface area contributed by atoms with Gasteiger partial charge in [-0.2, -0.15) is 5.10 Å². The van der Waals surface area contributed by atoms with Crippen molar-refractivity contribution in [2.75, 3.05) is 6.61 Å². The lowest BCUT2D eigenvalue weighted by Crippen LogP contribution is -2.35. The van der Waals surface area contributed by atoms with E-state index in [9.17, 15) is 5.21 Å². The SMILES string of the molecule is CCOC1c2c(c(C)nn2-c2ccccn2)/C(=N/O)CC1(C)C. The second-order valence-electron chi connectivity index (χ2n) is 6.49. The number of oxime groups is 1. The van der Waals surface area contributed by atoms with Crippen LogP contribution in [0.3, 0.4) is 0 Å². The second kappa shape index (κ2) is 5.77. The molecule has 1 N–H and O–H groups in total. The summed E-state index contributed by atoms with van der Waals surface area (Å²) >= 11 is 0. The van der Waals surface area contributed by atoms with Crippen molar-refractivity contribution in [1.82, 2.24) is 14.8 Å². The third-order valence-electron chi connectivity index (χ3n) is 4.29. The van der Waals surface area contributed by atoms with Gasteiger partial charge in [-0.1, -0.05) is 25.1 Å². The largest absolute Gasteiger partial charge is 0.411 e. The summed E-state index contributed by atoms with van der Waals surface area (Å²) in [7, 11) is 0. The number of aryl methyl sites for hydroxylation is 1. The van der Waals surface area contributed by atoms with Gasteiger partial charge in [0.15, 0.2) is 5.82 Å². The molecule has 0 aliphatic heterocycles. The van der Waals surface area contributed by atoms with E-state index in [-0.39, 0.29) is 11.5 Å². The van der Waals surface area contributed by atoms with Crippen LogP contribution in [0.5, 0.6) is 0 Å². The van der Waals surface area contributed by atoms with Gasteiger partial charge in [-0.3, -0.25) is 0 Å². The molecular weight excluding hydrogens is 292 g/mol. The minimum atomic E-state index is -0.205. The van der Waals surface area contributed by atoms with Crippen LogP contribution in [-0.2, 0) is 4.74 Å². The third kappa shape index (κ3) is 2.53. The van der Waals surface area contributed by atoms with E-state index in [1.54, 1.807) is 6.20 Å². The summed E-state index contributed by atoms with van der Waals surface area (Å²) in [5.41, 5.74) is 3.05. The number of pyridine rings is 1. The monoisotopic (exact) mass is 314 g/mol. The molecule has 6 heteroatoms. The van der Waals surface area contributed by atoms with E-state index < -0.39 is 0 Å². The van der Waals surface area contributed by atoms with Gasteiger partial charge >= 0.3 is 0 Å². The fraction of sp³-hybridized carbons (Fsp3) is 0.471. The fourth-order valence-corrected chi connectivity index (χ4v) is 3.34. The highest BCUT2D eigenvalue weighted by molar-refractivity contribution is 6.03. The van der Waals surface area contributed by atoms with Crippen LogP contribution in [0.4, 0.5) is 0 Å². The minimum absolute atomic E-state index is 0.142. The topological polar surface area (TPSA) is 72.5 Å². The van der Waals surface area contributed by atoms with Crippen LogP contribution in [0.2, 0.25) is 0 Å². The molecule has 1 aliphatic rings. The maximum atomic E-state index is 9.48. The average molecular weight is 314 g/mol. The van der Waals surface area contributed by atoms with Crippen LogP contribution >= 0.6 is 0 Å². The van der Waals surface area contributed by atoms with E-state index in [4.69, 9.17) is 4.74 Å². The molecule has 0 saturated heterocycles. The Kier molecular flexibility index (Phi) is 3.93. The molecule has 2 aromatic heterocycles. The van der Waals surface area contributed by atoms with Gasteiger partial charge in [0.2, 0.25) is 0 Å². The van der Waals surface area contributed by atoms with Crippen molar-refractivity contribution >= 4 is 5.71 Å². The predicted molar refractivity (Wildman–Crippen MR) is 87.2 cm³/mol. The van der Waals surface area contributed by atoms with Gasteiger partial charge in [-0.15, -0.1) is 0 Å². The van der Waals surface area contributed by atoms with E-state index in [0.29, 0.717) is 18.7 Å². The van der Waals surface area contributed by atoms with Crippen molar-refractivity contribution in [3.8, 4) is 5.82 Å². The van der Waals surface area contributed by atoms with Crippen LogP contribution in [0.1, 0.15) is 50.2 Å². The van der Waals surface area contributed by atoms with Gasteiger partial charge in [-0.05, 0) is 26.0 Å². The van der Waals surface area contributed by atoms with Gasteiger partial charge in [0.25, 0.3) is 0 Å². The summed E-state index contributed by atoms with van der Waals surface area (Å²) in [5.74, 6) is 0.733. The molecule has 0 amide bonds. The number of nitrogens with zero attached hydrogens (tertiary/aromatic N) is 4. The second-order valence-corrected chi connectivity index (χ2v) is 6.49. The van der Waals surface area contributed by atoms with E-state index in [1.165, 1.54) is 0 Å². The lowest BCUT2D eigenvalue weighted by molar-refractivity contribution is -0.0260. The zero-order chi connectivity index (χ0) is 16.6. The Morgan fingerprint density at radius 1 is 1.43 bits per heavy atom. The van der Waals surface area contributed by atoms with Crippen molar-refractivity contribution in [2.45, 2.75) is 40.2 Å². The summed E-state index contributed by atoms with van der Waals surface area (Å²) in [4.78, 5) is 4.41. The molecule has 2 aromatic rings. The maximum Gasteiger partial charge on any atom is 0.153 e. The summed E-state index contributed by atoms with van der Waals surface area (Å²) in [5, 5.41) is 17.7. The third-order valence-corrected chi connectivity index (χ3v) is 4.29. The first-order chi connectivity index (χ1) is 11.0. The average Bonchev–Trinajstić information content (AvgIpc) is 2.88. The molecule has 0 fully saturated rings. The van der Waals surface area contributed by atoms with Gasteiger partial charge in [-0.25, -0.2) is 9.67 Å². The first-order valence-electron chi connectivity index (χ1n) is 7.83. The van der Waals surface area contributed by atoms with Gasteiger partial charge in [0, 0.05) is 30.2 Å². The maximum absolute atomic E-state index is 9.48.